The molecule has 0 spiro atoms. The summed E-state index contributed by atoms with van der Waals surface area (Å²) >= 11 is 1.62. The molecule has 2 aromatic heterocycles. The zero-order chi connectivity index (χ0) is 37.5. The summed E-state index contributed by atoms with van der Waals surface area (Å²) < 4.78 is 9.12. The average molecular weight is 729 g/mol. The number of amides is 4. The number of benzene rings is 2. The fourth-order valence-electron chi connectivity index (χ4n) is 4.82. The van der Waals surface area contributed by atoms with Gasteiger partial charge in [-0.2, -0.15) is 0 Å². The third-order valence-electron chi connectivity index (χ3n) is 7.58. The van der Waals surface area contributed by atoms with Crippen LogP contribution in [0.15, 0.2) is 60.9 Å². The number of carbonyl (C=O) groups is 4. The number of H-pyrrole nitrogens is 2. The second-order valence-corrected chi connectivity index (χ2v) is 13.4. The van der Waals surface area contributed by atoms with Gasteiger partial charge in [0.05, 0.1) is 57.0 Å². The van der Waals surface area contributed by atoms with Gasteiger partial charge < -0.3 is 39.9 Å². The van der Waals surface area contributed by atoms with Crippen LogP contribution >= 0.6 is 11.8 Å². The first kappa shape index (κ1) is 39.0. The Morgan fingerprint density at radius 1 is 0.750 bits per heavy atom. The quantitative estimate of drug-likeness (QED) is 0.0996. The highest BCUT2D eigenvalue weighted by molar-refractivity contribution is 7.99. The number of hydrogen-bond acceptors (Lipinski definition) is 9. The maximum atomic E-state index is 12.8. The molecule has 4 rings (SSSR count). The molecule has 0 saturated carbocycles. The van der Waals surface area contributed by atoms with E-state index in [-0.39, 0.29) is 38.0 Å². The third kappa shape index (κ3) is 11.9. The van der Waals surface area contributed by atoms with Gasteiger partial charge >= 0.3 is 12.2 Å². The molecule has 15 heteroatoms. The number of alkyl carbamates (subject to hydrolysis) is 2. The van der Waals surface area contributed by atoms with E-state index >= 15 is 0 Å². The summed E-state index contributed by atoms with van der Waals surface area (Å²) in [7, 11) is 2.50. The van der Waals surface area contributed by atoms with Crippen molar-refractivity contribution >= 4 is 35.8 Å². The van der Waals surface area contributed by atoms with Crippen LogP contribution in [0.4, 0.5) is 9.59 Å². The molecule has 0 fully saturated rings. The molecule has 2 aromatic carbocycles. The van der Waals surface area contributed by atoms with Crippen LogP contribution in [0, 0.1) is 11.8 Å². The number of aromatic amines is 2. The number of carbonyl (C=O) groups excluding carboxylic acids is 4. The Morgan fingerprint density at radius 2 is 1.19 bits per heavy atom. The minimum absolute atomic E-state index is 0.152. The summed E-state index contributed by atoms with van der Waals surface area (Å²) in [5.74, 6) is 7.66. The molecule has 4 aromatic rings. The van der Waals surface area contributed by atoms with Crippen molar-refractivity contribution < 1.29 is 28.7 Å². The largest absolute Gasteiger partial charge is 0.453 e. The average Bonchev–Trinajstić information content (AvgIpc) is 3.83. The Balaban J connectivity index is 1.34. The van der Waals surface area contributed by atoms with Gasteiger partial charge in [-0.3, -0.25) is 9.59 Å². The molecule has 2 heterocycles. The molecule has 0 bridgehead atoms. The highest BCUT2D eigenvalue weighted by Crippen LogP contribution is 2.21. The van der Waals surface area contributed by atoms with Gasteiger partial charge in [0.2, 0.25) is 11.8 Å². The number of rotatable bonds is 15. The van der Waals surface area contributed by atoms with Crippen LogP contribution < -0.4 is 10.6 Å². The summed E-state index contributed by atoms with van der Waals surface area (Å²) in [6.07, 6.45) is 2.91. The molecule has 4 N–H and O–H groups in total. The van der Waals surface area contributed by atoms with E-state index in [0.717, 1.165) is 40.1 Å². The van der Waals surface area contributed by atoms with Crippen molar-refractivity contribution in [3.8, 4) is 34.4 Å². The molecule has 0 radical (unpaired) electrons. The summed E-state index contributed by atoms with van der Waals surface area (Å²) in [6, 6.07) is 15.6. The van der Waals surface area contributed by atoms with Gasteiger partial charge in [0.1, 0.15) is 24.7 Å². The number of imidazole rings is 2. The standard InChI is InChI=1S/C37H44N8O6S/c1-6-17-44(34(46)20-40-36(48)50-4)22-32-38-18-30(42-32)28-13-9-26(10-14-28)7-8-27-11-15-29(16-12-27)31-19-39-33(43-31)23-45(24-52-25(2)3)35(47)21-41-37(49)51-5/h9-16,18-19,25H,6,17,20-24H2,1-5H3,(H,38,42)(H,39,43)(H,40,48)(H,41,49). The number of hydrogen-bond donors (Lipinski definition) is 4. The van der Waals surface area contributed by atoms with Crippen molar-refractivity contribution in [2.24, 2.45) is 0 Å². The van der Waals surface area contributed by atoms with Gasteiger partial charge in [0, 0.05) is 22.9 Å². The Morgan fingerprint density at radius 3 is 1.62 bits per heavy atom. The maximum absolute atomic E-state index is 12.8. The summed E-state index contributed by atoms with van der Waals surface area (Å²) in [5, 5.41) is 5.19. The molecule has 274 valence electrons. The predicted molar refractivity (Wildman–Crippen MR) is 199 cm³/mol. The number of thioether (sulfide) groups is 1. The van der Waals surface area contributed by atoms with Gasteiger partial charge in [0.15, 0.2) is 0 Å². The predicted octanol–water partition coefficient (Wildman–Crippen LogP) is 4.74. The minimum Gasteiger partial charge on any atom is -0.453 e. The molecule has 0 aliphatic rings. The lowest BCUT2D eigenvalue weighted by molar-refractivity contribution is -0.131. The number of ether oxygens (including phenoxy) is 2. The lowest BCUT2D eigenvalue weighted by Crippen LogP contribution is -2.40. The van der Waals surface area contributed by atoms with E-state index in [1.807, 2.05) is 55.5 Å². The number of nitrogens with one attached hydrogen (secondary N) is 4. The van der Waals surface area contributed by atoms with Crippen LogP contribution in [0.25, 0.3) is 22.5 Å². The summed E-state index contributed by atoms with van der Waals surface area (Å²) in [6.45, 7) is 6.85. The monoisotopic (exact) mass is 728 g/mol. The Hall–Kier alpha value is -5.75. The van der Waals surface area contributed by atoms with E-state index in [9.17, 15) is 19.2 Å². The number of methoxy groups -OCH3 is 2. The third-order valence-corrected chi connectivity index (χ3v) is 8.71. The summed E-state index contributed by atoms with van der Waals surface area (Å²) in [4.78, 5) is 67.0. The van der Waals surface area contributed by atoms with Gasteiger partial charge in [-0.15, -0.1) is 11.8 Å². The van der Waals surface area contributed by atoms with E-state index in [1.54, 1.807) is 34.0 Å². The SMILES string of the molecule is CCCN(Cc1ncc(-c2ccc(C#Cc3ccc(-c4cnc(CN(CSC(C)C)C(=O)CNC(=O)OC)[nH]4)cc3)cc2)[nH]1)C(=O)CNC(=O)OC. The second kappa shape index (κ2) is 19.6. The first-order valence-electron chi connectivity index (χ1n) is 16.7. The molecule has 0 saturated heterocycles. The van der Waals surface area contributed by atoms with E-state index in [4.69, 9.17) is 0 Å². The number of nitrogens with zero attached hydrogens (tertiary/aromatic N) is 4. The molecule has 0 aliphatic heterocycles. The van der Waals surface area contributed by atoms with Gasteiger partial charge in [-0.25, -0.2) is 19.6 Å². The van der Waals surface area contributed by atoms with Gasteiger partial charge in [-0.1, -0.05) is 56.9 Å². The molecule has 4 amide bonds. The van der Waals surface area contributed by atoms with Crippen molar-refractivity contribution in [1.29, 1.82) is 0 Å². The molecule has 0 aliphatic carbocycles. The highest BCUT2D eigenvalue weighted by atomic mass is 32.2. The fourth-order valence-corrected chi connectivity index (χ4v) is 5.53. The molecule has 0 atom stereocenters. The van der Waals surface area contributed by atoms with E-state index < -0.39 is 12.2 Å². The van der Waals surface area contributed by atoms with Crippen LogP contribution in [-0.4, -0.2) is 98.7 Å². The van der Waals surface area contributed by atoms with Gasteiger partial charge in [0.25, 0.3) is 0 Å². The zero-order valence-electron chi connectivity index (χ0n) is 29.9. The van der Waals surface area contributed by atoms with Crippen LogP contribution in [0.1, 0.15) is 50.0 Å². The zero-order valence-corrected chi connectivity index (χ0v) is 30.8. The van der Waals surface area contributed by atoms with Crippen molar-refractivity contribution in [2.75, 3.05) is 39.7 Å². The molecule has 14 nitrogen and oxygen atoms in total. The van der Waals surface area contributed by atoms with Crippen LogP contribution in [0.3, 0.4) is 0 Å². The Labute approximate surface area is 307 Å². The lowest BCUT2D eigenvalue weighted by atomic mass is 10.1. The van der Waals surface area contributed by atoms with Crippen molar-refractivity contribution in [3.63, 3.8) is 0 Å². The second-order valence-electron chi connectivity index (χ2n) is 11.8. The van der Waals surface area contributed by atoms with Crippen molar-refractivity contribution in [1.82, 2.24) is 40.4 Å². The van der Waals surface area contributed by atoms with Crippen LogP contribution in [-0.2, 0) is 32.2 Å². The summed E-state index contributed by atoms with van der Waals surface area (Å²) in [5.41, 5.74) is 5.17. The fraction of sp³-hybridized carbons (Fsp3) is 0.351. The van der Waals surface area contributed by atoms with Crippen LogP contribution in [0.5, 0.6) is 0 Å². The molecular weight excluding hydrogens is 685 g/mol. The van der Waals surface area contributed by atoms with E-state index in [0.29, 0.717) is 29.3 Å². The topological polar surface area (TPSA) is 175 Å². The first-order valence-corrected chi connectivity index (χ1v) is 17.7. The lowest BCUT2D eigenvalue weighted by Gasteiger charge is -2.22. The van der Waals surface area contributed by atoms with Crippen molar-refractivity contribution in [3.05, 3.63) is 83.7 Å². The Bertz CT molecular complexity index is 1860. The maximum Gasteiger partial charge on any atom is 0.407 e. The van der Waals surface area contributed by atoms with Crippen LogP contribution in [0.2, 0.25) is 0 Å². The minimum atomic E-state index is -0.659. The number of aromatic nitrogens is 4. The van der Waals surface area contributed by atoms with Gasteiger partial charge in [-0.05, 0) is 41.8 Å². The first-order chi connectivity index (χ1) is 25.1. The van der Waals surface area contributed by atoms with E-state index in [2.05, 4.69) is 65.7 Å². The molecule has 0 unspecified atom stereocenters. The Kier molecular flexibility index (Phi) is 14.7. The molecule has 52 heavy (non-hydrogen) atoms. The smallest absolute Gasteiger partial charge is 0.407 e. The normalized spacial score (nSPS) is 10.6. The molecular formula is C37H44N8O6S. The van der Waals surface area contributed by atoms with E-state index in [1.165, 1.54) is 14.2 Å². The van der Waals surface area contributed by atoms with Crippen molar-refractivity contribution in [2.45, 2.75) is 45.5 Å². The highest BCUT2D eigenvalue weighted by Gasteiger charge is 2.19.